The van der Waals surface area contributed by atoms with Gasteiger partial charge in [0.2, 0.25) is 0 Å². The minimum Gasteiger partial charge on any atom is -0.355 e. The van der Waals surface area contributed by atoms with Crippen LogP contribution in [0.3, 0.4) is 0 Å². The second-order valence-electron chi connectivity index (χ2n) is 6.52. The number of hydrogen-bond donors (Lipinski definition) is 0. The highest BCUT2D eigenvalue weighted by Crippen LogP contribution is 2.30. The third kappa shape index (κ3) is 3.38. The van der Waals surface area contributed by atoms with E-state index in [4.69, 9.17) is 0 Å². The predicted octanol–water partition coefficient (Wildman–Crippen LogP) is 2.64. The molecule has 1 fully saturated rings. The Kier molecular flexibility index (Phi) is 4.33. The van der Waals surface area contributed by atoms with E-state index in [1.54, 1.807) is 24.3 Å². The van der Waals surface area contributed by atoms with Crippen molar-refractivity contribution < 1.29 is 13.2 Å². The van der Waals surface area contributed by atoms with E-state index >= 15 is 0 Å². The molecule has 27 heavy (non-hydrogen) atoms. The van der Waals surface area contributed by atoms with Gasteiger partial charge in [0.05, 0.1) is 0 Å². The average Bonchev–Trinajstić information content (AvgIpc) is 3.16. The third-order valence-electron chi connectivity index (χ3n) is 4.84. The molecule has 4 rings (SSSR count). The molecule has 10 heteroatoms. The number of aromatic nitrogens is 5. The number of halogens is 3. The third-order valence-corrected chi connectivity index (χ3v) is 4.84. The Morgan fingerprint density at radius 2 is 1.89 bits per heavy atom. The summed E-state index contributed by atoms with van der Waals surface area (Å²) in [6.45, 7) is 1.45. The second-order valence-corrected chi connectivity index (χ2v) is 6.52. The van der Waals surface area contributed by atoms with Crippen LogP contribution in [0.15, 0.2) is 37.2 Å². The van der Waals surface area contributed by atoms with Gasteiger partial charge in [-0.2, -0.15) is 13.2 Å². The molecule has 0 aliphatic carbocycles. The number of imidazole rings is 1. The molecule has 142 valence electrons. The lowest BCUT2D eigenvalue weighted by molar-refractivity contribution is -0.141. The van der Waals surface area contributed by atoms with E-state index in [9.17, 15) is 13.2 Å². The van der Waals surface area contributed by atoms with E-state index in [1.807, 2.05) is 16.8 Å². The fourth-order valence-corrected chi connectivity index (χ4v) is 3.41. The summed E-state index contributed by atoms with van der Waals surface area (Å²) in [6, 6.07) is 0.999. The second kappa shape index (κ2) is 6.67. The normalized spacial score (nSPS) is 18.1. The molecule has 1 saturated heterocycles. The van der Waals surface area contributed by atoms with Crippen LogP contribution in [0.25, 0.3) is 5.65 Å². The van der Waals surface area contributed by atoms with Crippen molar-refractivity contribution in [3.05, 3.63) is 42.9 Å². The molecule has 0 aromatic carbocycles. The molecular formula is C17H18F3N7. The lowest BCUT2D eigenvalue weighted by atomic mass is 10.0. The summed E-state index contributed by atoms with van der Waals surface area (Å²) in [4.78, 5) is 20.1. The van der Waals surface area contributed by atoms with Gasteiger partial charge >= 0.3 is 6.18 Å². The van der Waals surface area contributed by atoms with Crippen molar-refractivity contribution in [2.24, 2.45) is 0 Å². The zero-order valence-electron chi connectivity index (χ0n) is 14.6. The quantitative estimate of drug-likeness (QED) is 0.699. The molecule has 0 spiro atoms. The number of piperidine rings is 1. The van der Waals surface area contributed by atoms with Crippen LogP contribution in [0.1, 0.15) is 18.5 Å². The molecule has 1 atom stereocenters. The lowest BCUT2D eigenvalue weighted by Crippen LogP contribution is -2.47. The van der Waals surface area contributed by atoms with Gasteiger partial charge in [0.1, 0.15) is 17.8 Å². The molecule has 3 aromatic heterocycles. The Balaban J connectivity index is 1.57. The van der Waals surface area contributed by atoms with E-state index in [2.05, 4.69) is 24.8 Å². The Hall–Kier alpha value is -2.91. The molecule has 1 unspecified atom stereocenters. The van der Waals surface area contributed by atoms with Crippen molar-refractivity contribution >= 4 is 17.3 Å². The van der Waals surface area contributed by atoms with Crippen LogP contribution in [-0.2, 0) is 6.18 Å². The van der Waals surface area contributed by atoms with Crippen LogP contribution in [0.4, 0.5) is 24.8 Å². The fraction of sp³-hybridized carbons (Fsp3) is 0.412. The molecule has 7 nitrogen and oxygen atoms in total. The molecule has 3 aromatic rings. The van der Waals surface area contributed by atoms with Crippen molar-refractivity contribution in [1.29, 1.82) is 0 Å². The number of rotatable bonds is 3. The van der Waals surface area contributed by atoms with Crippen LogP contribution >= 0.6 is 0 Å². The van der Waals surface area contributed by atoms with Crippen LogP contribution in [0.5, 0.6) is 0 Å². The van der Waals surface area contributed by atoms with Gasteiger partial charge in [-0.1, -0.05) is 0 Å². The zero-order valence-corrected chi connectivity index (χ0v) is 14.6. The van der Waals surface area contributed by atoms with Gasteiger partial charge < -0.3 is 14.2 Å². The standard InChI is InChI=1S/C17H18F3N7/c1-25(14-9-13(17(18,19)20)23-11-24-14)12-3-2-6-27(10-12)16-15-21-4-7-26(15)8-5-22-16/h4-5,7-9,11-12H,2-3,6,10H2,1H3. The highest BCUT2D eigenvalue weighted by atomic mass is 19.4. The number of alkyl halides is 3. The van der Waals surface area contributed by atoms with E-state index < -0.39 is 11.9 Å². The van der Waals surface area contributed by atoms with E-state index in [1.165, 1.54) is 0 Å². The first-order chi connectivity index (χ1) is 12.9. The number of fused-ring (bicyclic) bond motifs is 1. The van der Waals surface area contributed by atoms with Crippen molar-refractivity contribution in [3.63, 3.8) is 0 Å². The molecule has 1 aliphatic heterocycles. The summed E-state index contributed by atoms with van der Waals surface area (Å²) < 4.78 is 40.7. The molecule has 0 saturated carbocycles. The number of nitrogens with zero attached hydrogens (tertiary/aromatic N) is 7. The summed E-state index contributed by atoms with van der Waals surface area (Å²) in [5.41, 5.74) is -0.168. The molecule has 4 heterocycles. The lowest BCUT2D eigenvalue weighted by Gasteiger charge is -2.38. The first-order valence-electron chi connectivity index (χ1n) is 8.58. The van der Waals surface area contributed by atoms with E-state index in [0.717, 1.165) is 43.2 Å². The minimum atomic E-state index is -4.49. The highest BCUT2D eigenvalue weighted by Gasteiger charge is 2.34. The molecule has 1 aliphatic rings. The Morgan fingerprint density at radius 1 is 1.11 bits per heavy atom. The van der Waals surface area contributed by atoms with Gasteiger partial charge in [0, 0.05) is 57.0 Å². The number of anilines is 2. The maximum absolute atomic E-state index is 12.9. The summed E-state index contributed by atoms with van der Waals surface area (Å²) in [6.07, 6.45) is 5.35. The van der Waals surface area contributed by atoms with Gasteiger partial charge in [-0.15, -0.1) is 0 Å². The van der Waals surface area contributed by atoms with Crippen molar-refractivity contribution in [2.75, 3.05) is 29.9 Å². The SMILES string of the molecule is CN(c1cc(C(F)(F)F)ncn1)C1CCCN(c2nccn3ccnc23)C1. The molecule has 0 radical (unpaired) electrons. The van der Waals surface area contributed by atoms with Crippen LogP contribution < -0.4 is 9.80 Å². The van der Waals surface area contributed by atoms with Gasteiger partial charge in [0.25, 0.3) is 0 Å². The van der Waals surface area contributed by atoms with Crippen molar-refractivity contribution in [3.8, 4) is 0 Å². The number of likely N-dealkylation sites (N-methyl/N-ethyl adjacent to an activating group) is 1. The maximum atomic E-state index is 12.9. The van der Waals surface area contributed by atoms with Gasteiger partial charge in [-0.25, -0.2) is 19.9 Å². The topological polar surface area (TPSA) is 62.5 Å². The van der Waals surface area contributed by atoms with Gasteiger partial charge in [-0.05, 0) is 12.8 Å². The van der Waals surface area contributed by atoms with Crippen molar-refractivity contribution in [1.82, 2.24) is 24.3 Å². The van der Waals surface area contributed by atoms with Crippen LogP contribution in [-0.4, -0.2) is 50.5 Å². The van der Waals surface area contributed by atoms with E-state index in [-0.39, 0.29) is 11.9 Å². The fourth-order valence-electron chi connectivity index (χ4n) is 3.41. The molecule has 0 bridgehead atoms. The summed E-state index contributed by atoms with van der Waals surface area (Å²) >= 11 is 0. The minimum absolute atomic E-state index is 0.00625. The van der Waals surface area contributed by atoms with E-state index in [0.29, 0.717) is 6.54 Å². The number of hydrogen-bond acceptors (Lipinski definition) is 6. The molecule has 0 amide bonds. The van der Waals surface area contributed by atoms with Crippen molar-refractivity contribution in [2.45, 2.75) is 25.1 Å². The summed E-state index contributed by atoms with van der Waals surface area (Å²) in [7, 11) is 1.76. The Labute approximate surface area is 153 Å². The maximum Gasteiger partial charge on any atom is 0.433 e. The zero-order chi connectivity index (χ0) is 19.0. The molecular weight excluding hydrogens is 359 g/mol. The summed E-state index contributed by atoms with van der Waals surface area (Å²) in [5, 5.41) is 0. The summed E-state index contributed by atoms with van der Waals surface area (Å²) in [5.74, 6) is 1.04. The Morgan fingerprint density at radius 3 is 2.67 bits per heavy atom. The van der Waals surface area contributed by atoms with Crippen LogP contribution in [0.2, 0.25) is 0 Å². The first kappa shape index (κ1) is 17.5. The molecule has 0 N–H and O–H groups in total. The highest BCUT2D eigenvalue weighted by molar-refractivity contribution is 5.64. The largest absolute Gasteiger partial charge is 0.433 e. The smallest absolute Gasteiger partial charge is 0.355 e. The van der Waals surface area contributed by atoms with Gasteiger partial charge in [-0.3, -0.25) is 0 Å². The van der Waals surface area contributed by atoms with Gasteiger partial charge in [0.15, 0.2) is 11.5 Å². The monoisotopic (exact) mass is 377 g/mol. The first-order valence-corrected chi connectivity index (χ1v) is 8.58. The average molecular weight is 377 g/mol. The Bertz CT molecular complexity index is 939. The predicted molar refractivity (Wildman–Crippen MR) is 93.7 cm³/mol. The van der Waals surface area contributed by atoms with Crippen LogP contribution in [0, 0.1) is 0 Å².